The van der Waals surface area contributed by atoms with Gasteiger partial charge < -0.3 is 18.6 Å². The van der Waals surface area contributed by atoms with E-state index >= 15 is 0 Å². The third-order valence-corrected chi connectivity index (χ3v) is 4.91. The van der Waals surface area contributed by atoms with Crippen molar-refractivity contribution in [1.29, 1.82) is 0 Å². The van der Waals surface area contributed by atoms with E-state index in [2.05, 4.69) is 10.5 Å². The van der Waals surface area contributed by atoms with Crippen molar-refractivity contribution in [3.05, 3.63) is 0 Å². The summed E-state index contributed by atoms with van der Waals surface area (Å²) >= 11 is 0. The molecule has 0 rings (SSSR count). The highest BCUT2D eigenvalue weighted by Crippen LogP contribution is 2.55. The minimum atomic E-state index is -3.73. The van der Waals surface area contributed by atoms with Crippen molar-refractivity contribution in [3.8, 4) is 0 Å². The molecule has 0 aromatic rings. The number of hydroxylamine groups is 1. The Bertz CT molecular complexity index is 438. The minimum absolute atomic E-state index is 0.0659. The van der Waals surface area contributed by atoms with E-state index in [0.29, 0.717) is 0 Å². The molecule has 1 atom stereocenters. The second-order valence-corrected chi connectivity index (χ2v) is 7.77. The normalized spacial score (nSPS) is 13.6. The maximum Gasteiger partial charge on any atom is 0.345 e. The van der Waals surface area contributed by atoms with Gasteiger partial charge in [-0.15, -0.1) is 0 Å². The molecule has 0 bridgehead atoms. The average Bonchev–Trinajstić information content (AvgIpc) is 2.51. The van der Waals surface area contributed by atoms with E-state index in [1.165, 1.54) is 7.05 Å². The fourth-order valence-corrected chi connectivity index (χ4v) is 3.58. The molecule has 0 aliphatic rings. The van der Waals surface area contributed by atoms with Gasteiger partial charge in [0, 0.05) is 14.1 Å². The molecule has 0 saturated carbocycles. The summed E-state index contributed by atoms with van der Waals surface area (Å²) in [6.07, 6.45) is -0.0659. The maximum absolute atomic E-state index is 13.0. The predicted octanol–water partition coefficient (Wildman–Crippen LogP) is 3.56. The number of esters is 1. The molecule has 0 aliphatic carbocycles. The highest BCUT2D eigenvalue weighted by atomic mass is 31.2. The average molecular weight is 382 g/mol. The molecule has 0 aromatic heterocycles. The Kier molecular flexibility index (Phi) is 14.0. The van der Waals surface area contributed by atoms with Crippen LogP contribution >= 0.6 is 7.60 Å². The van der Waals surface area contributed by atoms with E-state index < -0.39 is 24.8 Å². The molecule has 0 radical (unpaired) electrons. The number of hydrogen-bond donors (Lipinski definition) is 1. The van der Waals surface area contributed by atoms with Gasteiger partial charge in [0.2, 0.25) is 5.90 Å². The summed E-state index contributed by atoms with van der Waals surface area (Å²) in [4.78, 5) is 21.6. The fourth-order valence-electron chi connectivity index (χ4n) is 1.73. The topological polar surface area (TPSA) is 95.5 Å². The number of rotatable bonds is 9. The Balaban J connectivity index is 0. The van der Waals surface area contributed by atoms with Crippen molar-refractivity contribution in [2.24, 2.45) is 4.99 Å². The van der Waals surface area contributed by atoms with E-state index in [4.69, 9.17) is 18.6 Å². The molecular weight excluding hydrogens is 347 g/mol. The van der Waals surface area contributed by atoms with Gasteiger partial charge in [0.1, 0.15) is 5.60 Å². The molecule has 0 fully saturated rings. The first-order valence-electron chi connectivity index (χ1n) is 8.54. The number of aliphatic imine (C=N–C) groups is 1. The quantitative estimate of drug-likeness (QED) is 0.214. The third-order valence-electron chi connectivity index (χ3n) is 2.52. The van der Waals surface area contributed by atoms with Crippen molar-refractivity contribution in [2.45, 2.75) is 66.1 Å². The van der Waals surface area contributed by atoms with Crippen LogP contribution in [0.15, 0.2) is 4.99 Å². The summed E-state index contributed by atoms with van der Waals surface area (Å²) in [5.74, 6) is -0.480. The Morgan fingerprint density at radius 3 is 1.96 bits per heavy atom. The molecule has 0 aliphatic heterocycles. The summed E-state index contributed by atoms with van der Waals surface area (Å²) < 4.78 is 29.0. The van der Waals surface area contributed by atoms with Crippen LogP contribution in [0.4, 0.5) is 0 Å². The van der Waals surface area contributed by atoms with Gasteiger partial charge in [0.15, 0.2) is 5.66 Å². The lowest BCUT2D eigenvalue weighted by molar-refractivity contribution is -0.154. The van der Waals surface area contributed by atoms with Gasteiger partial charge in [0.05, 0.1) is 19.6 Å². The molecule has 8 nitrogen and oxygen atoms in total. The Hall–Kier alpha value is -0.950. The van der Waals surface area contributed by atoms with Gasteiger partial charge in [0.25, 0.3) is 0 Å². The Morgan fingerprint density at radius 1 is 1.16 bits per heavy atom. The maximum atomic E-state index is 13.0. The molecular formula is C16H35N2O6P. The number of nitrogens with zero attached hydrogens (tertiary/aromatic N) is 1. The molecule has 0 spiro atoms. The molecule has 0 aromatic carbocycles. The number of nitrogens with one attached hydrogen (secondary N) is 1. The molecule has 0 heterocycles. The van der Waals surface area contributed by atoms with Gasteiger partial charge >= 0.3 is 13.6 Å². The van der Waals surface area contributed by atoms with Crippen LogP contribution in [0.3, 0.4) is 0 Å². The van der Waals surface area contributed by atoms with Crippen molar-refractivity contribution < 1.29 is 28.0 Å². The number of carbonyl (C=O) groups excluding carboxylic acids is 1. The molecule has 1 N–H and O–H groups in total. The van der Waals surface area contributed by atoms with E-state index in [-0.39, 0.29) is 25.5 Å². The van der Waals surface area contributed by atoms with Crippen LogP contribution in [0, 0.1) is 0 Å². The van der Waals surface area contributed by atoms with Crippen LogP contribution in [0.25, 0.3) is 0 Å². The number of hydrogen-bond acceptors (Lipinski definition) is 8. The van der Waals surface area contributed by atoms with Crippen LogP contribution in [-0.2, 0) is 28.0 Å². The smallest absolute Gasteiger partial charge is 0.345 e. The zero-order valence-electron chi connectivity index (χ0n) is 17.0. The van der Waals surface area contributed by atoms with Crippen LogP contribution < -0.4 is 5.48 Å². The second-order valence-electron chi connectivity index (χ2n) is 5.55. The Labute approximate surface area is 152 Å². The van der Waals surface area contributed by atoms with Gasteiger partial charge in [-0.25, -0.2) is 0 Å². The molecule has 9 heteroatoms. The van der Waals surface area contributed by atoms with Crippen molar-refractivity contribution >= 4 is 19.5 Å². The molecule has 0 amide bonds. The number of ether oxygens (including phenoxy) is 1. The largest absolute Gasteiger partial charge is 0.459 e. The van der Waals surface area contributed by atoms with E-state index in [1.54, 1.807) is 41.7 Å². The molecule has 150 valence electrons. The van der Waals surface area contributed by atoms with Crippen LogP contribution in [0.1, 0.15) is 54.9 Å². The zero-order valence-corrected chi connectivity index (χ0v) is 17.9. The van der Waals surface area contributed by atoms with Gasteiger partial charge in [-0.05, 0) is 34.6 Å². The first kappa shape index (κ1) is 26.3. The summed E-state index contributed by atoms with van der Waals surface area (Å²) in [6.45, 7) is 12.8. The number of carbonyl (C=O) groups is 1. The summed E-state index contributed by atoms with van der Waals surface area (Å²) in [5, 5.41) is 0. The highest BCUT2D eigenvalue weighted by molar-refractivity contribution is 7.55. The van der Waals surface area contributed by atoms with Crippen LogP contribution in [-0.4, -0.2) is 50.4 Å². The van der Waals surface area contributed by atoms with Crippen molar-refractivity contribution in [2.75, 3.05) is 27.3 Å². The summed E-state index contributed by atoms with van der Waals surface area (Å²) in [6, 6.07) is 0. The third kappa shape index (κ3) is 10.6. The fraction of sp³-hybridized carbons (Fsp3) is 0.875. The van der Waals surface area contributed by atoms with E-state index in [1.807, 2.05) is 13.8 Å². The predicted molar refractivity (Wildman–Crippen MR) is 100.0 cm³/mol. The lowest BCUT2D eigenvalue weighted by Crippen LogP contribution is -2.35. The second kappa shape index (κ2) is 13.3. The summed E-state index contributed by atoms with van der Waals surface area (Å²) in [7, 11) is -0.667. The zero-order chi connectivity index (χ0) is 20.1. The summed E-state index contributed by atoms with van der Waals surface area (Å²) in [5.41, 5.74) is 0.584. The van der Waals surface area contributed by atoms with Crippen LogP contribution in [0.2, 0.25) is 0 Å². The van der Waals surface area contributed by atoms with Crippen molar-refractivity contribution in [1.82, 2.24) is 5.48 Å². The standard InChI is InChI=1S/C14H29N2O6P.C2H6/c1-8-19-23(18,20-9-2)11(10-12(15-6)22-16-7)13(17)21-14(3,4)5;1-2/h11,16H,8-10H2,1-7H3;1-2H3. The first-order valence-corrected chi connectivity index (χ1v) is 10.2. The lowest BCUT2D eigenvalue weighted by Gasteiger charge is -2.28. The molecule has 0 saturated heterocycles. The van der Waals surface area contributed by atoms with Gasteiger partial charge in [-0.1, -0.05) is 13.8 Å². The molecule has 25 heavy (non-hydrogen) atoms. The SMILES string of the molecule is CC.CCOP(=O)(OCC)C(CC(=NC)ONC)C(=O)OC(C)(C)C. The van der Waals surface area contributed by atoms with E-state index in [0.717, 1.165) is 0 Å². The van der Waals surface area contributed by atoms with Crippen molar-refractivity contribution in [3.63, 3.8) is 0 Å². The van der Waals surface area contributed by atoms with E-state index in [9.17, 15) is 9.36 Å². The monoisotopic (exact) mass is 382 g/mol. The highest BCUT2D eigenvalue weighted by Gasteiger charge is 2.44. The molecule has 1 unspecified atom stereocenters. The Morgan fingerprint density at radius 2 is 1.64 bits per heavy atom. The minimum Gasteiger partial charge on any atom is -0.459 e. The lowest BCUT2D eigenvalue weighted by atomic mass is 10.2. The van der Waals surface area contributed by atoms with Crippen LogP contribution in [0.5, 0.6) is 0 Å². The van der Waals surface area contributed by atoms with Gasteiger partial charge in [-0.3, -0.25) is 14.4 Å². The first-order chi connectivity index (χ1) is 11.6. The van der Waals surface area contributed by atoms with Gasteiger partial charge in [-0.2, -0.15) is 5.48 Å².